The molecule has 0 radical (unpaired) electrons. The molecule has 6 nitrogen and oxygen atoms in total. The number of carbonyl (C=O) groups excluding carboxylic acids is 1. The van der Waals surface area contributed by atoms with E-state index in [0.29, 0.717) is 22.9 Å². The SMILES string of the molecule is CCn1c2ccccc2c2cc(CN3CCC(Oc4ccc(C(=O)NCCCCN5CCCC5)cc4Cl)CC3)ccc21. The van der Waals surface area contributed by atoms with Crippen molar-refractivity contribution >= 4 is 39.3 Å². The lowest BCUT2D eigenvalue weighted by Gasteiger charge is -2.32. The highest BCUT2D eigenvalue weighted by Crippen LogP contribution is 2.31. The lowest BCUT2D eigenvalue weighted by Crippen LogP contribution is -2.37. The number of halogens is 1. The second-order valence-corrected chi connectivity index (χ2v) is 12.3. The molecule has 6 rings (SSSR count). The number of piperidine rings is 1. The molecule has 0 spiro atoms. The Morgan fingerprint density at radius 2 is 1.69 bits per heavy atom. The highest BCUT2D eigenvalue weighted by Gasteiger charge is 2.22. The lowest BCUT2D eigenvalue weighted by molar-refractivity contribution is 0.0950. The summed E-state index contributed by atoms with van der Waals surface area (Å²) in [5, 5.41) is 6.21. The average molecular weight is 587 g/mol. The summed E-state index contributed by atoms with van der Waals surface area (Å²) in [4.78, 5) is 17.7. The number of fused-ring (bicyclic) bond motifs is 3. The van der Waals surface area contributed by atoms with E-state index in [1.807, 2.05) is 12.1 Å². The van der Waals surface area contributed by atoms with Gasteiger partial charge in [0.05, 0.1) is 5.02 Å². The number of likely N-dealkylation sites (tertiary alicyclic amines) is 2. The molecular formula is C35H43ClN4O2. The number of carbonyl (C=O) groups is 1. The summed E-state index contributed by atoms with van der Waals surface area (Å²) in [7, 11) is 0. The van der Waals surface area contributed by atoms with Crippen LogP contribution in [-0.4, -0.2) is 65.6 Å². The zero-order valence-corrected chi connectivity index (χ0v) is 25.5. The maximum atomic E-state index is 12.6. The van der Waals surface area contributed by atoms with E-state index in [0.717, 1.165) is 58.4 Å². The highest BCUT2D eigenvalue weighted by atomic mass is 35.5. The van der Waals surface area contributed by atoms with Crippen LogP contribution in [0.2, 0.25) is 5.02 Å². The molecule has 222 valence electrons. The van der Waals surface area contributed by atoms with E-state index in [1.165, 1.54) is 53.3 Å². The van der Waals surface area contributed by atoms with Crippen molar-refractivity contribution in [3.8, 4) is 5.75 Å². The van der Waals surface area contributed by atoms with Gasteiger partial charge in [-0.3, -0.25) is 9.69 Å². The van der Waals surface area contributed by atoms with Crippen molar-refractivity contribution in [1.82, 2.24) is 19.7 Å². The number of unbranched alkanes of at least 4 members (excludes halogenated alkanes) is 1. The number of hydrogen-bond donors (Lipinski definition) is 1. The Balaban J connectivity index is 0.975. The van der Waals surface area contributed by atoms with Gasteiger partial charge in [0.2, 0.25) is 0 Å². The monoisotopic (exact) mass is 586 g/mol. The molecule has 1 N–H and O–H groups in total. The van der Waals surface area contributed by atoms with Crippen LogP contribution in [0.5, 0.6) is 5.75 Å². The second kappa shape index (κ2) is 13.5. The van der Waals surface area contributed by atoms with Gasteiger partial charge in [0.15, 0.2) is 0 Å². The molecule has 0 bridgehead atoms. The standard InChI is InChI=1S/C35H43ClN4O2/c1-2-40-32-10-4-3-9-29(32)30-23-26(11-13-33(30)40)25-39-21-15-28(16-22-39)42-34-14-12-27(24-31(34)36)35(41)37-17-5-6-18-38-19-7-8-20-38/h3-4,9-14,23-24,28H,2,5-8,15-22,25H2,1H3,(H,37,41). The number of amides is 1. The predicted molar refractivity (Wildman–Crippen MR) is 173 cm³/mol. The van der Waals surface area contributed by atoms with Crippen molar-refractivity contribution in [2.45, 2.75) is 64.6 Å². The Morgan fingerprint density at radius 3 is 2.48 bits per heavy atom. The van der Waals surface area contributed by atoms with Crippen LogP contribution in [0.4, 0.5) is 0 Å². The van der Waals surface area contributed by atoms with E-state index in [-0.39, 0.29) is 12.0 Å². The molecule has 3 aromatic carbocycles. The average Bonchev–Trinajstić information content (AvgIpc) is 3.64. The minimum Gasteiger partial charge on any atom is -0.489 e. The van der Waals surface area contributed by atoms with Gasteiger partial charge in [-0.15, -0.1) is 0 Å². The first kappa shape index (κ1) is 29.0. The number of hydrogen-bond acceptors (Lipinski definition) is 4. The zero-order chi connectivity index (χ0) is 28.9. The molecule has 2 aliphatic heterocycles. The van der Waals surface area contributed by atoms with Gasteiger partial charge in [-0.2, -0.15) is 0 Å². The van der Waals surface area contributed by atoms with Gasteiger partial charge < -0.3 is 19.5 Å². The van der Waals surface area contributed by atoms with Crippen molar-refractivity contribution < 1.29 is 9.53 Å². The second-order valence-electron chi connectivity index (χ2n) is 11.9. The van der Waals surface area contributed by atoms with E-state index in [9.17, 15) is 4.79 Å². The molecule has 2 saturated heterocycles. The molecule has 0 unspecified atom stereocenters. The van der Waals surface area contributed by atoms with Crippen LogP contribution in [-0.2, 0) is 13.1 Å². The number of aromatic nitrogens is 1. The topological polar surface area (TPSA) is 49.7 Å². The van der Waals surface area contributed by atoms with E-state index in [2.05, 4.69) is 69.1 Å². The molecule has 2 aliphatic rings. The number of benzene rings is 3. The Labute approximate surface area is 254 Å². The molecule has 4 aromatic rings. The maximum absolute atomic E-state index is 12.6. The molecule has 0 aliphatic carbocycles. The molecule has 7 heteroatoms. The van der Waals surface area contributed by atoms with Gasteiger partial charge in [-0.05, 0) is 107 Å². The van der Waals surface area contributed by atoms with Crippen LogP contribution in [0.3, 0.4) is 0 Å². The molecule has 0 saturated carbocycles. The van der Waals surface area contributed by atoms with E-state index in [1.54, 1.807) is 6.07 Å². The van der Waals surface area contributed by atoms with Crippen molar-refractivity contribution in [2.24, 2.45) is 0 Å². The number of aryl methyl sites for hydroxylation is 1. The fraction of sp³-hybridized carbons (Fsp3) is 0.457. The fourth-order valence-corrected chi connectivity index (χ4v) is 6.90. The van der Waals surface area contributed by atoms with Crippen molar-refractivity contribution in [3.63, 3.8) is 0 Å². The maximum Gasteiger partial charge on any atom is 0.251 e. The summed E-state index contributed by atoms with van der Waals surface area (Å²) in [5.74, 6) is 0.588. The summed E-state index contributed by atoms with van der Waals surface area (Å²) in [6.45, 7) is 10.4. The first-order valence-corrected chi connectivity index (χ1v) is 16.2. The van der Waals surface area contributed by atoms with Crippen molar-refractivity contribution in [3.05, 3.63) is 76.8 Å². The largest absolute Gasteiger partial charge is 0.489 e. The lowest BCUT2D eigenvalue weighted by atomic mass is 10.1. The van der Waals surface area contributed by atoms with Gasteiger partial charge >= 0.3 is 0 Å². The quantitative estimate of drug-likeness (QED) is 0.190. The molecule has 1 aromatic heterocycles. The Hall–Kier alpha value is -3.06. The van der Waals surface area contributed by atoms with E-state index < -0.39 is 0 Å². The van der Waals surface area contributed by atoms with Crippen LogP contribution in [0.1, 0.15) is 61.4 Å². The van der Waals surface area contributed by atoms with Crippen LogP contribution < -0.4 is 10.1 Å². The first-order valence-electron chi connectivity index (χ1n) is 15.8. The summed E-state index contributed by atoms with van der Waals surface area (Å²) < 4.78 is 8.71. The molecule has 42 heavy (non-hydrogen) atoms. The van der Waals surface area contributed by atoms with Gasteiger partial charge in [0.25, 0.3) is 5.91 Å². The van der Waals surface area contributed by atoms with Crippen molar-refractivity contribution in [2.75, 3.05) is 39.3 Å². The number of para-hydroxylation sites is 1. The Bertz CT molecular complexity index is 1520. The predicted octanol–water partition coefficient (Wildman–Crippen LogP) is 7.12. The molecular weight excluding hydrogens is 544 g/mol. The van der Waals surface area contributed by atoms with Gasteiger partial charge in [0, 0.05) is 60.1 Å². The summed E-state index contributed by atoms with van der Waals surface area (Å²) in [5.41, 5.74) is 4.55. The summed E-state index contributed by atoms with van der Waals surface area (Å²) >= 11 is 6.56. The molecule has 0 atom stereocenters. The third kappa shape index (κ3) is 6.61. The third-order valence-electron chi connectivity index (χ3n) is 8.97. The minimum atomic E-state index is -0.0737. The van der Waals surface area contributed by atoms with E-state index in [4.69, 9.17) is 16.3 Å². The fourth-order valence-electron chi connectivity index (χ4n) is 6.67. The zero-order valence-electron chi connectivity index (χ0n) is 24.8. The highest BCUT2D eigenvalue weighted by molar-refractivity contribution is 6.32. The molecule has 1 amide bonds. The minimum absolute atomic E-state index is 0.0737. The smallest absolute Gasteiger partial charge is 0.251 e. The van der Waals surface area contributed by atoms with Crippen LogP contribution >= 0.6 is 11.6 Å². The Morgan fingerprint density at radius 1 is 0.905 bits per heavy atom. The van der Waals surface area contributed by atoms with Gasteiger partial charge in [-0.25, -0.2) is 0 Å². The van der Waals surface area contributed by atoms with Crippen LogP contribution in [0.15, 0.2) is 60.7 Å². The summed E-state index contributed by atoms with van der Waals surface area (Å²) in [6.07, 6.45) is 6.78. The van der Waals surface area contributed by atoms with Gasteiger partial charge in [-0.1, -0.05) is 35.9 Å². The Kier molecular flexibility index (Phi) is 9.33. The summed E-state index contributed by atoms with van der Waals surface area (Å²) in [6, 6.07) is 21.0. The first-order chi connectivity index (χ1) is 20.6. The normalized spacial score (nSPS) is 16.9. The van der Waals surface area contributed by atoms with Crippen LogP contribution in [0.25, 0.3) is 21.8 Å². The van der Waals surface area contributed by atoms with Crippen molar-refractivity contribution in [1.29, 1.82) is 0 Å². The third-order valence-corrected chi connectivity index (χ3v) is 9.26. The number of nitrogens with zero attached hydrogens (tertiary/aromatic N) is 3. The van der Waals surface area contributed by atoms with Gasteiger partial charge in [0.1, 0.15) is 11.9 Å². The number of nitrogens with one attached hydrogen (secondary N) is 1. The molecule has 3 heterocycles. The van der Waals surface area contributed by atoms with Crippen LogP contribution in [0, 0.1) is 0 Å². The number of ether oxygens (including phenoxy) is 1. The number of rotatable bonds is 11. The molecule has 2 fully saturated rings. The van der Waals surface area contributed by atoms with E-state index >= 15 is 0 Å².